The molecule has 0 atom stereocenters. The fourth-order valence-corrected chi connectivity index (χ4v) is 3.68. The maximum atomic E-state index is 12.2. The topological polar surface area (TPSA) is 34.4 Å². The Balaban J connectivity index is 1.92. The summed E-state index contributed by atoms with van der Waals surface area (Å²) in [4.78, 5) is 17.5. The van der Waals surface area contributed by atoms with Crippen molar-refractivity contribution in [3.05, 3.63) is 74.3 Å². The van der Waals surface area contributed by atoms with Crippen molar-refractivity contribution >= 4 is 40.6 Å². The van der Waals surface area contributed by atoms with Gasteiger partial charge in [-0.3, -0.25) is 9.20 Å². The van der Waals surface area contributed by atoms with Gasteiger partial charge in [-0.05, 0) is 30.7 Å². The molecule has 3 rings (SSSR count). The van der Waals surface area contributed by atoms with E-state index in [2.05, 4.69) is 4.98 Å². The van der Waals surface area contributed by atoms with Crippen LogP contribution in [-0.4, -0.2) is 9.38 Å². The number of hydrogen-bond acceptors (Lipinski definition) is 3. The zero-order valence-electron chi connectivity index (χ0n) is 11.7. The highest BCUT2D eigenvalue weighted by molar-refractivity contribution is 7.98. The lowest BCUT2D eigenvalue weighted by Crippen LogP contribution is -2.15. The van der Waals surface area contributed by atoms with Crippen LogP contribution in [0.25, 0.3) is 5.65 Å². The molecule has 0 aliphatic carbocycles. The summed E-state index contributed by atoms with van der Waals surface area (Å²) in [6.45, 7) is 1.94. The molecule has 1 aromatic carbocycles. The molecule has 6 heteroatoms. The van der Waals surface area contributed by atoms with Gasteiger partial charge in [-0.25, -0.2) is 4.98 Å². The van der Waals surface area contributed by atoms with Gasteiger partial charge in [0.1, 0.15) is 5.65 Å². The summed E-state index contributed by atoms with van der Waals surface area (Å²) in [7, 11) is 0. The normalized spacial score (nSPS) is 11.0. The Morgan fingerprint density at radius 1 is 1.18 bits per heavy atom. The van der Waals surface area contributed by atoms with E-state index in [9.17, 15) is 4.79 Å². The van der Waals surface area contributed by atoms with Gasteiger partial charge < -0.3 is 0 Å². The Morgan fingerprint density at radius 2 is 1.91 bits per heavy atom. The first-order chi connectivity index (χ1) is 10.5. The molecule has 0 fully saturated rings. The molecule has 0 spiro atoms. The molecule has 0 unspecified atom stereocenters. The van der Waals surface area contributed by atoms with Gasteiger partial charge in [-0.1, -0.05) is 35.3 Å². The molecule has 2 heterocycles. The summed E-state index contributed by atoms with van der Waals surface area (Å²) in [6, 6.07) is 10.7. The summed E-state index contributed by atoms with van der Waals surface area (Å²) in [5, 5.41) is 1.20. The first kappa shape index (κ1) is 15.4. The predicted molar refractivity (Wildman–Crippen MR) is 92.2 cm³/mol. The summed E-state index contributed by atoms with van der Waals surface area (Å²) in [5.74, 6) is 0.531. The lowest BCUT2D eigenvalue weighted by molar-refractivity contribution is 1.00. The van der Waals surface area contributed by atoms with Crippen LogP contribution < -0.4 is 5.56 Å². The standard InChI is InChI=1S/C16H12Cl2N2OS/c1-10-5-6-14-19-11(7-15(21)20(14)8-10)9-22-16-12(17)3-2-4-13(16)18/h2-8H,9H2,1H3. The highest BCUT2D eigenvalue weighted by Gasteiger charge is 2.08. The molecular formula is C16H12Cl2N2OS. The number of aromatic nitrogens is 2. The van der Waals surface area contributed by atoms with Gasteiger partial charge in [-0.2, -0.15) is 0 Å². The number of nitrogens with zero attached hydrogens (tertiary/aromatic N) is 2. The van der Waals surface area contributed by atoms with Gasteiger partial charge in [0.15, 0.2) is 0 Å². The number of hydrogen-bond donors (Lipinski definition) is 0. The Morgan fingerprint density at radius 3 is 2.64 bits per heavy atom. The van der Waals surface area contributed by atoms with E-state index in [-0.39, 0.29) is 5.56 Å². The molecule has 112 valence electrons. The van der Waals surface area contributed by atoms with Gasteiger partial charge >= 0.3 is 0 Å². The zero-order chi connectivity index (χ0) is 15.7. The molecule has 0 bridgehead atoms. The number of benzene rings is 1. The third kappa shape index (κ3) is 3.14. The maximum absolute atomic E-state index is 12.2. The average Bonchev–Trinajstić information content (AvgIpc) is 2.47. The first-order valence-electron chi connectivity index (χ1n) is 6.60. The summed E-state index contributed by atoms with van der Waals surface area (Å²) < 4.78 is 1.55. The predicted octanol–water partition coefficient (Wildman–Crippen LogP) is 4.60. The van der Waals surface area contributed by atoms with Gasteiger partial charge in [0, 0.05) is 22.9 Å². The zero-order valence-corrected chi connectivity index (χ0v) is 14.0. The molecule has 3 aromatic rings. The van der Waals surface area contributed by atoms with Crippen molar-refractivity contribution in [2.75, 3.05) is 0 Å². The van der Waals surface area contributed by atoms with Crippen LogP contribution in [0.5, 0.6) is 0 Å². The number of rotatable bonds is 3. The largest absolute Gasteiger partial charge is 0.269 e. The van der Waals surface area contributed by atoms with Crippen LogP contribution in [0.3, 0.4) is 0 Å². The van der Waals surface area contributed by atoms with E-state index in [0.717, 1.165) is 10.5 Å². The molecule has 0 saturated carbocycles. The molecule has 3 nitrogen and oxygen atoms in total. The van der Waals surface area contributed by atoms with Gasteiger partial charge in [0.2, 0.25) is 0 Å². The van der Waals surface area contributed by atoms with Gasteiger partial charge in [0.25, 0.3) is 5.56 Å². The van der Waals surface area contributed by atoms with Crippen molar-refractivity contribution in [3.63, 3.8) is 0 Å². The van der Waals surface area contributed by atoms with Crippen molar-refractivity contribution in [1.82, 2.24) is 9.38 Å². The minimum atomic E-state index is -0.0884. The summed E-state index contributed by atoms with van der Waals surface area (Å²) >= 11 is 13.8. The van der Waals surface area contributed by atoms with Crippen LogP contribution in [0.1, 0.15) is 11.3 Å². The summed E-state index contributed by atoms with van der Waals surface area (Å²) in [6.07, 6.45) is 1.78. The SMILES string of the molecule is Cc1ccc2nc(CSc3c(Cl)cccc3Cl)cc(=O)n2c1. The molecule has 22 heavy (non-hydrogen) atoms. The van der Waals surface area contributed by atoms with Crippen molar-refractivity contribution in [2.24, 2.45) is 0 Å². The molecular weight excluding hydrogens is 339 g/mol. The van der Waals surface area contributed by atoms with Gasteiger partial charge in [0.05, 0.1) is 15.7 Å². The lowest BCUT2D eigenvalue weighted by atomic mass is 10.3. The van der Waals surface area contributed by atoms with Crippen molar-refractivity contribution in [2.45, 2.75) is 17.6 Å². The fourth-order valence-electron chi connectivity index (χ4n) is 2.10. The minimum Gasteiger partial charge on any atom is -0.269 e. The van der Waals surface area contributed by atoms with Crippen LogP contribution in [-0.2, 0) is 5.75 Å². The molecule has 0 aliphatic rings. The molecule has 0 N–H and O–H groups in total. The number of halogens is 2. The van der Waals surface area contributed by atoms with Crippen molar-refractivity contribution < 1.29 is 0 Å². The maximum Gasteiger partial charge on any atom is 0.258 e. The number of fused-ring (bicyclic) bond motifs is 1. The fraction of sp³-hybridized carbons (Fsp3) is 0.125. The number of aryl methyl sites for hydroxylation is 1. The minimum absolute atomic E-state index is 0.0884. The van der Waals surface area contributed by atoms with Gasteiger partial charge in [-0.15, -0.1) is 11.8 Å². The second-order valence-electron chi connectivity index (χ2n) is 4.86. The first-order valence-corrected chi connectivity index (χ1v) is 8.34. The van der Waals surface area contributed by atoms with Crippen LogP contribution in [0.15, 0.2) is 52.3 Å². The Labute approximate surface area is 141 Å². The van der Waals surface area contributed by atoms with Crippen LogP contribution in [0, 0.1) is 6.92 Å². The van der Waals surface area contributed by atoms with E-state index in [1.165, 1.54) is 11.8 Å². The van der Waals surface area contributed by atoms with E-state index < -0.39 is 0 Å². The Bertz CT molecular complexity index is 888. The number of thioether (sulfide) groups is 1. The van der Waals surface area contributed by atoms with Crippen molar-refractivity contribution in [3.8, 4) is 0 Å². The molecule has 0 aliphatic heterocycles. The molecule has 0 saturated heterocycles. The smallest absolute Gasteiger partial charge is 0.258 e. The average molecular weight is 351 g/mol. The third-order valence-corrected chi connectivity index (χ3v) is 5.17. The second kappa shape index (κ2) is 6.32. The molecule has 2 aromatic heterocycles. The quantitative estimate of drug-likeness (QED) is 0.647. The van der Waals surface area contributed by atoms with E-state index in [4.69, 9.17) is 23.2 Å². The van der Waals surface area contributed by atoms with Crippen LogP contribution in [0.4, 0.5) is 0 Å². The Kier molecular flexibility index (Phi) is 4.43. The lowest BCUT2D eigenvalue weighted by Gasteiger charge is -2.07. The molecule has 0 amide bonds. The van der Waals surface area contributed by atoms with E-state index in [0.29, 0.717) is 27.1 Å². The highest BCUT2D eigenvalue weighted by atomic mass is 35.5. The van der Waals surface area contributed by atoms with E-state index in [1.54, 1.807) is 34.9 Å². The molecule has 0 radical (unpaired) electrons. The van der Waals surface area contributed by atoms with E-state index >= 15 is 0 Å². The Hall–Kier alpha value is -1.49. The highest BCUT2D eigenvalue weighted by Crippen LogP contribution is 2.35. The summed E-state index contributed by atoms with van der Waals surface area (Å²) in [5.41, 5.74) is 2.27. The number of pyridine rings is 1. The monoisotopic (exact) mass is 350 g/mol. The van der Waals surface area contributed by atoms with Crippen molar-refractivity contribution in [1.29, 1.82) is 0 Å². The second-order valence-corrected chi connectivity index (χ2v) is 6.66. The van der Waals surface area contributed by atoms with Crippen LogP contribution >= 0.6 is 35.0 Å². The van der Waals surface area contributed by atoms with Crippen LogP contribution in [0.2, 0.25) is 10.0 Å². The van der Waals surface area contributed by atoms with E-state index in [1.807, 2.05) is 19.1 Å². The third-order valence-electron chi connectivity index (χ3n) is 3.14.